The van der Waals surface area contributed by atoms with Gasteiger partial charge < -0.3 is 0 Å². The summed E-state index contributed by atoms with van der Waals surface area (Å²) >= 11 is 0. The molecule has 0 N–H and O–H groups in total. The number of fused-ring (bicyclic) bond motifs is 2. The SMILES string of the molecule is O=[N+]([O-])c1ccc(C(n2nnc3ccccc32)n2nnc3ccccc32)cc1[N+](=O)[O-]. The molecule has 2 aromatic heterocycles. The van der Waals surface area contributed by atoms with E-state index in [2.05, 4.69) is 20.6 Å². The van der Waals surface area contributed by atoms with Gasteiger partial charge in [-0.15, -0.1) is 10.2 Å². The van der Waals surface area contributed by atoms with E-state index in [1.54, 1.807) is 33.6 Å². The van der Waals surface area contributed by atoms with E-state index in [0.29, 0.717) is 27.6 Å². The molecule has 2 heterocycles. The molecule has 0 amide bonds. The van der Waals surface area contributed by atoms with Gasteiger partial charge in [-0.05, 0) is 30.3 Å². The lowest BCUT2D eigenvalue weighted by atomic mass is 10.1. The second-order valence-electron chi connectivity index (χ2n) is 6.68. The Labute approximate surface area is 172 Å². The fourth-order valence-electron chi connectivity index (χ4n) is 3.52. The van der Waals surface area contributed by atoms with E-state index in [1.165, 1.54) is 6.07 Å². The van der Waals surface area contributed by atoms with Crippen LogP contribution in [0.1, 0.15) is 11.7 Å². The van der Waals surface area contributed by atoms with E-state index in [1.807, 2.05) is 24.3 Å². The fourth-order valence-corrected chi connectivity index (χ4v) is 3.52. The predicted octanol–water partition coefficient (Wildman–Crippen LogP) is 3.09. The van der Waals surface area contributed by atoms with Gasteiger partial charge in [0.1, 0.15) is 11.0 Å². The highest BCUT2D eigenvalue weighted by atomic mass is 16.6. The van der Waals surface area contributed by atoms with Crippen molar-refractivity contribution < 1.29 is 9.85 Å². The van der Waals surface area contributed by atoms with Gasteiger partial charge in [-0.25, -0.2) is 9.36 Å². The van der Waals surface area contributed by atoms with Crippen LogP contribution in [0.5, 0.6) is 0 Å². The molecule has 0 radical (unpaired) electrons. The number of rotatable bonds is 5. The van der Waals surface area contributed by atoms with Crippen LogP contribution < -0.4 is 0 Å². The third-order valence-corrected chi connectivity index (χ3v) is 4.91. The van der Waals surface area contributed by atoms with Crippen LogP contribution >= 0.6 is 0 Å². The van der Waals surface area contributed by atoms with Crippen LogP contribution in [0, 0.1) is 20.2 Å². The zero-order chi connectivity index (χ0) is 21.5. The minimum atomic E-state index is -0.820. The third kappa shape index (κ3) is 2.93. The van der Waals surface area contributed by atoms with Gasteiger partial charge >= 0.3 is 11.4 Å². The largest absolute Gasteiger partial charge is 0.346 e. The maximum Gasteiger partial charge on any atom is 0.346 e. The summed E-state index contributed by atoms with van der Waals surface area (Å²) in [7, 11) is 0. The van der Waals surface area contributed by atoms with Gasteiger partial charge in [-0.2, -0.15) is 0 Å². The van der Waals surface area contributed by atoms with Gasteiger partial charge in [0.05, 0.1) is 20.9 Å². The summed E-state index contributed by atoms with van der Waals surface area (Å²) in [4.78, 5) is 21.2. The van der Waals surface area contributed by atoms with Crippen LogP contribution in [0.15, 0.2) is 66.7 Å². The summed E-state index contributed by atoms with van der Waals surface area (Å²) in [5.74, 6) is 0. The highest BCUT2D eigenvalue weighted by molar-refractivity contribution is 5.76. The molecular formula is C19H12N8O4. The van der Waals surface area contributed by atoms with Crippen molar-refractivity contribution in [2.45, 2.75) is 6.17 Å². The van der Waals surface area contributed by atoms with Gasteiger partial charge in [-0.1, -0.05) is 34.7 Å². The molecule has 12 heteroatoms. The molecule has 0 atom stereocenters. The van der Waals surface area contributed by atoms with E-state index < -0.39 is 27.4 Å². The summed E-state index contributed by atoms with van der Waals surface area (Å²) in [6.07, 6.45) is -0.820. The molecule has 5 aromatic rings. The molecule has 0 unspecified atom stereocenters. The summed E-state index contributed by atoms with van der Waals surface area (Å²) < 4.78 is 3.11. The number of nitrogens with zero attached hydrogens (tertiary/aromatic N) is 8. The van der Waals surface area contributed by atoms with E-state index in [9.17, 15) is 20.2 Å². The number of hydrogen-bond acceptors (Lipinski definition) is 8. The lowest BCUT2D eigenvalue weighted by Gasteiger charge is -2.19. The van der Waals surface area contributed by atoms with Crippen molar-refractivity contribution in [3.63, 3.8) is 0 Å². The molecule has 12 nitrogen and oxygen atoms in total. The highest BCUT2D eigenvalue weighted by Crippen LogP contribution is 2.33. The zero-order valence-electron chi connectivity index (χ0n) is 15.6. The molecule has 0 aliphatic rings. The van der Waals surface area contributed by atoms with Crippen LogP contribution in [-0.2, 0) is 0 Å². The average Bonchev–Trinajstić information content (AvgIpc) is 3.39. The molecule has 0 saturated carbocycles. The Bertz CT molecular complexity index is 1400. The third-order valence-electron chi connectivity index (χ3n) is 4.91. The standard InChI is InChI=1S/C19H12N8O4/c28-26(29)17-10-9-12(11-18(17)27(30)31)19(24-15-7-3-1-5-13(15)20-22-24)25-16-8-4-2-6-14(16)21-23-25/h1-11,19H. The Morgan fingerprint density at radius 1 is 0.710 bits per heavy atom. The number of benzene rings is 3. The van der Waals surface area contributed by atoms with Crippen LogP contribution in [-0.4, -0.2) is 39.8 Å². The lowest BCUT2D eigenvalue weighted by molar-refractivity contribution is -0.422. The average molecular weight is 416 g/mol. The molecule has 0 bridgehead atoms. The van der Waals surface area contributed by atoms with Crippen molar-refractivity contribution in [1.29, 1.82) is 0 Å². The molecule has 31 heavy (non-hydrogen) atoms. The summed E-state index contributed by atoms with van der Waals surface area (Å²) in [6, 6.07) is 18.2. The Balaban J connectivity index is 1.80. The van der Waals surface area contributed by atoms with E-state index >= 15 is 0 Å². The van der Waals surface area contributed by atoms with Gasteiger partial charge in [-0.3, -0.25) is 20.2 Å². The van der Waals surface area contributed by atoms with E-state index in [4.69, 9.17) is 0 Å². The lowest BCUT2D eigenvalue weighted by Crippen LogP contribution is -2.22. The van der Waals surface area contributed by atoms with Gasteiger partial charge in [0.2, 0.25) is 0 Å². The number of nitro groups is 2. The van der Waals surface area contributed by atoms with Crippen molar-refractivity contribution in [3.8, 4) is 0 Å². The first kappa shape index (κ1) is 18.3. The molecule has 3 aromatic carbocycles. The van der Waals surface area contributed by atoms with Crippen molar-refractivity contribution in [2.24, 2.45) is 0 Å². The molecule has 152 valence electrons. The Morgan fingerprint density at radius 3 is 1.74 bits per heavy atom. The molecule has 0 aliphatic carbocycles. The minimum Gasteiger partial charge on any atom is -0.258 e. The maximum atomic E-state index is 11.5. The van der Waals surface area contributed by atoms with Crippen molar-refractivity contribution in [2.75, 3.05) is 0 Å². The predicted molar refractivity (Wildman–Crippen MR) is 108 cm³/mol. The van der Waals surface area contributed by atoms with E-state index in [0.717, 1.165) is 12.1 Å². The van der Waals surface area contributed by atoms with Crippen LogP contribution in [0.2, 0.25) is 0 Å². The second-order valence-corrected chi connectivity index (χ2v) is 6.68. The highest BCUT2D eigenvalue weighted by Gasteiger charge is 2.29. The number of para-hydroxylation sites is 2. The first-order valence-corrected chi connectivity index (χ1v) is 9.07. The number of nitro benzene ring substituents is 2. The van der Waals surface area contributed by atoms with Crippen molar-refractivity contribution in [1.82, 2.24) is 30.0 Å². The topological polar surface area (TPSA) is 148 Å². The summed E-state index contributed by atoms with van der Waals surface area (Å²) in [6.45, 7) is 0. The van der Waals surface area contributed by atoms with Crippen LogP contribution in [0.25, 0.3) is 22.1 Å². The second kappa shape index (κ2) is 6.95. The Hall–Kier alpha value is -4.74. The van der Waals surface area contributed by atoms with Gasteiger partial charge in [0, 0.05) is 17.7 Å². The first-order valence-electron chi connectivity index (χ1n) is 9.07. The fraction of sp³-hybridized carbons (Fsp3) is 0.0526. The summed E-state index contributed by atoms with van der Waals surface area (Å²) in [5.41, 5.74) is 1.70. The normalized spacial score (nSPS) is 11.4. The Kier molecular flexibility index (Phi) is 4.10. The van der Waals surface area contributed by atoms with Gasteiger partial charge in [0.15, 0.2) is 6.17 Å². The minimum absolute atomic E-state index is 0.364. The van der Waals surface area contributed by atoms with Gasteiger partial charge in [0.25, 0.3) is 0 Å². The molecule has 5 rings (SSSR count). The van der Waals surface area contributed by atoms with Crippen molar-refractivity contribution in [3.05, 3.63) is 92.5 Å². The van der Waals surface area contributed by atoms with Crippen molar-refractivity contribution >= 4 is 33.4 Å². The monoisotopic (exact) mass is 416 g/mol. The van der Waals surface area contributed by atoms with Crippen LogP contribution in [0.3, 0.4) is 0 Å². The maximum absolute atomic E-state index is 11.5. The quantitative estimate of drug-likeness (QED) is 0.313. The molecule has 0 saturated heterocycles. The molecule has 0 fully saturated rings. The first-order chi connectivity index (χ1) is 15.0. The summed E-state index contributed by atoms with van der Waals surface area (Å²) in [5, 5.41) is 39.6. The zero-order valence-corrected chi connectivity index (χ0v) is 15.6. The van der Waals surface area contributed by atoms with Crippen LogP contribution in [0.4, 0.5) is 11.4 Å². The molecular weight excluding hydrogens is 404 g/mol. The number of hydrogen-bond donors (Lipinski definition) is 0. The Morgan fingerprint density at radius 2 is 1.23 bits per heavy atom. The smallest absolute Gasteiger partial charge is 0.258 e. The van der Waals surface area contributed by atoms with E-state index in [-0.39, 0.29) is 0 Å². The molecule has 0 spiro atoms. The number of aromatic nitrogens is 6. The molecule has 0 aliphatic heterocycles.